The van der Waals surface area contributed by atoms with E-state index in [2.05, 4.69) is 36.6 Å². The van der Waals surface area contributed by atoms with Gasteiger partial charge in [-0.05, 0) is 44.1 Å². The van der Waals surface area contributed by atoms with Gasteiger partial charge in [0.2, 0.25) is 0 Å². The number of rotatable bonds is 11. The van der Waals surface area contributed by atoms with Crippen molar-refractivity contribution < 1.29 is 9.84 Å². The molecule has 1 aliphatic carbocycles. The van der Waals surface area contributed by atoms with Crippen LogP contribution in [0.4, 0.5) is 0 Å². The Balaban J connectivity index is 0.00000392. The van der Waals surface area contributed by atoms with E-state index in [1.54, 1.807) is 0 Å². The van der Waals surface area contributed by atoms with E-state index in [1.165, 1.54) is 25.7 Å². The third-order valence-corrected chi connectivity index (χ3v) is 5.57. The molecule has 0 bridgehead atoms. The molecule has 1 aromatic carbocycles. The summed E-state index contributed by atoms with van der Waals surface area (Å²) in [7, 11) is 0. The SMILES string of the molecule is CCNC(=NCC1(CCOCC)CCCC1)NCC(CO)c1ccccc1.I. The predicted molar refractivity (Wildman–Crippen MR) is 128 cm³/mol. The summed E-state index contributed by atoms with van der Waals surface area (Å²) in [5.41, 5.74) is 1.43. The third-order valence-electron chi connectivity index (χ3n) is 5.57. The Kier molecular flexibility index (Phi) is 12.7. The maximum atomic E-state index is 9.77. The lowest BCUT2D eigenvalue weighted by Gasteiger charge is -2.27. The van der Waals surface area contributed by atoms with Crippen LogP contribution in [-0.4, -0.2) is 50.5 Å². The van der Waals surface area contributed by atoms with Gasteiger partial charge in [0.15, 0.2) is 5.96 Å². The smallest absolute Gasteiger partial charge is 0.191 e. The number of guanidine groups is 1. The molecule has 28 heavy (non-hydrogen) atoms. The number of nitrogens with zero attached hydrogens (tertiary/aromatic N) is 1. The molecule has 6 heteroatoms. The first-order valence-electron chi connectivity index (χ1n) is 10.5. The van der Waals surface area contributed by atoms with E-state index >= 15 is 0 Å². The van der Waals surface area contributed by atoms with Crippen molar-refractivity contribution in [2.24, 2.45) is 10.4 Å². The van der Waals surface area contributed by atoms with Gasteiger partial charge >= 0.3 is 0 Å². The number of nitrogens with one attached hydrogen (secondary N) is 2. The molecule has 1 unspecified atom stereocenters. The first-order chi connectivity index (χ1) is 13.2. The van der Waals surface area contributed by atoms with Gasteiger partial charge in [-0.15, -0.1) is 24.0 Å². The topological polar surface area (TPSA) is 65.9 Å². The number of aliphatic hydroxyl groups is 1. The van der Waals surface area contributed by atoms with E-state index in [0.29, 0.717) is 6.54 Å². The Morgan fingerprint density at radius 2 is 1.89 bits per heavy atom. The molecule has 1 aromatic rings. The summed E-state index contributed by atoms with van der Waals surface area (Å²) in [6, 6.07) is 10.2. The van der Waals surface area contributed by atoms with Crippen LogP contribution in [0.5, 0.6) is 0 Å². The number of aliphatic hydroxyl groups excluding tert-OH is 1. The number of aliphatic imine (C=N–C) groups is 1. The van der Waals surface area contributed by atoms with Crippen molar-refractivity contribution in [3.63, 3.8) is 0 Å². The van der Waals surface area contributed by atoms with Crippen molar-refractivity contribution in [1.82, 2.24) is 10.6 Å². The fraction of sp³-hybridized carbons (Fsp3) is 0.682. The molecule has 0 radical (unpaired) electrons. The highest BCUT2D eigenvalue weighted by Gasteiger charge is 2.33. The molecule has 5 nitrogen and oxygen atoms in total. The lowest BCUT2D eigenvalue weighted by atomic mass is 9.83. The second-order valence-electron chi connectivity index (χ2n) is 7.52. The van der Waals surface area contributed by atoms with Crippen molar-refractivity contribution in [2.75, 3.05) is 39.5 Å². The molecule has 160 valence electrons. The molecule has 0 heterocycles. The Morgan fingerprint density at radius 1 is 1.18 bits per heavy atom. The highest BCUT2D eigenvalue weighted by Crippen LogP contribution is 2.41. The van der Waals surface area contributed by atoms with Crippen LogP contribution >= 0.6 is 24.0 Å². The van der Waals surface area contributed by atoms with Gasteiger partial charge in [-0.2, -0.15) is 0 Å². The number of ether oxygens (including phenoxy) is 1. The zero-order valence-corrected chi connectivity index (χ0v) is 19.8. The highest BCUT2D eigenvalue weighted by molar-refractivity contribution is 14.0. The zero-order valence-electron chi connectivity index (χ0n) is 17.5. The van der Waals surface area contributed by atoms with E-state index in [-0.39, 0.29) is 41.9 Å². The number of halogens is 1. The van der Waals surface area contributed by atoms with Crippen LogP contribution in [0.15, 0.2) is 35.3 Å². The number of hydrogen-bond acceptors (Lipinski definition) is 3. The number of hydrogen-bond donors (Lipinski definition) is 3. The fourth-order valence-electron chi connectivity index (χ4n) is 3.87. The summed E-state index contributed by atoms with van der Waals surface area (Å²) in [5.74, 6) is 0.906. The van der Waals surface area contributed by atoms with E-state index in [9.17, 15) is 5.11 Å². The molecule has 0 saturated heterocycles. The van der Waals surface area contributed by atoms with E-state index in [1.807, 2.05) is 18.2 Å². The zero-order chi connectivity index (χ0) is 19.4. The predicted octanol–water partition coefficient (Wildman–Crippen LogP) is 3.92. The molecule has 1 saturated carbocycles. The fourth-order valence-corrected chi connectivity index (χ4v) is 3.87. The minimum Gasteiger partial charge on any atom is -0.396 e. The summed E-state index contributed by atoms with van der Waals surface area (Å²) in [4.78, 5) is 4.90. The van der Waals surface area contributed by atoms with Gasteiger partial charge in [-0.1, -0.05) is 43.2 Å². The summed E-state index contributed by atoms with van der Waals surface area (Å²) in [5, 5.41) is 16.5. The first kappa shape index (κ1) is 25.2. The lowest BCUT2D eigenvalue weighted by Crippen LogP contribution is -2.40. The Bertz CT molecular complexity index is 548. The van der Waals surface area contributed by atoms with Gasteiger partial charge in [-0.25, -0.2) is 0 Å². The van der Waals surface area contributed by atoms with Crippen LogP contribution in [-0.2, 0) is 4.74 Å². The summed E-state index contributed by atoms with van der Waals surface area (Å²) in [6.45, 7) is 8.20. The minimum absolute atomic E-state index is 0. The molecular weight excluding hydrogens is 465 g/mol. The van der Waals surface area contributed by atoms with E-state index in [0.717, 1.165) is 44.2 Å². The van der Waals surface area contributed by atoms with Gasteiger partial charge < -0.3 is 20.5 Å². The average Bonchev–Trinajstić information content (AvgIpc) is 3.16. The molecule has 2 rings (SSSR count). The number of benzene rings is 1. The van der Waals surface area contributed by atoms with Crippen LogP contribution < -0.4 is 10.6 Å². The Morgan fingerprint density at radius 3 is 2.50 bits per heavy atom. The molecule has 3 N–H and O–H groups in total. The van der Waals surface area contributed by atoms with Crippen LogP contribution in [0.2, 0.25) is 0 Å². The van der Waals surface area contributed by atoms with Crippen molar-refractivity contribution in [3.05, 3.63) is 35.9 Å². The molecule has 0 aromatic heterocycles. The Labute approximate surface area is 187 Å². The molecule has 0 amide bonds. The Hall–Kier alpha value is -0.860. The van der Waals surface area contributed by atoms with Crippen LogP contribution in [0.1, 0.15) is 57.4 Å². The largest absolute Gasteiger partial charge is 0.396 e. The summed E-state index contributed by atoms with van der Waals surface area (Å²) >= 11 is 0. The van der Waals surface area contributed by atoms with Gasteiger partial charge in [0.05, 0.1) is 6.61 Å². The monoisotopic (exact) mass is 503 g/mol. The molecule has 1 aliphatic rings. The maximum absolute atomic E-state index is 9.77. The van der Waals surface area contributed by atoms with Crippen LogP contribution in [0.25, 0.3) is 0 Å². The molecular formula is C22H38IN3O2. The molecule has 1 fully saturated rings. The summed E-state index contributed by atoms with van der Waals surface area (Å²) in [6.07, 6.45) is 6.17. The molecule has 0 spiro atoms. The second kappa shape index (κ2) is 14.2. The average molecular weight is 503 g/mol. The standard InChI is InChI=1S/C22H37N3O2.HI/c1-3-23-21(24-16-20(17-26)19-10-6-5-7-11-19)25-18-22(12-8-9-13-22)14-15-27-4-2;/h5-7,10-11,20,26H,3-4,8-9,12-18H2,1-2H3,(H2,23,24,25);1H. The highest BCUT2D eigenvalue weighted by atomic mass is 127. The second-order valence-corrected chi connectivity index (χ2v) is 7.52. The van der Waals surface area contributed by atoms with Crippen molar-refractivity contribution in [2.45, 2.75) is 51.9 Å². The minimum atomic E-state index is 0. The normalized spacial score (nSPS) is 17.0. The van der Waals surface area contributed by atoms with Gasteiger partial charge in [0.25, 0.3) is 0 Å². The maximum Gasteiger partial charge on any atom is 0.191 e. The quantitative estimate of drug-likeness (QED) is 0.185. The molecule has 1 atom stereocenters. The van der Waals surface area contributed by atoms with Crippen molar-refractivity contribution in [3.8, 4) is 0 Å². The van der Waals surface area contributed by atoms with Gasteiger partial charge in [0.1, 0.15) is 0 Å². The molecule has 0 aliphatic heterocycles. The van der Waals surface area contributed by atoms with E-state index in [4.69, 9.17) is 9.73 Å². The van der Waals surface area contributed by atoms with Crippen molar-refractivity contribution in [1.29, 1.82) is 0 Å². The van der Waals surface area contributed by atoms with E-state index < -0.39 is 0 Å². The van der Waals surface area contributed by atoms with Gasteiger partial charge in [0, 0.05) is 38.8 Å². The van der Waals surface area contributed by atoms with Crippen LogP contribution in [0.3, 0.4) is 0 Å². The van der Waals surface area contributed by atoms with Gasteiger partial charge in [-0.3, -0.25) is 4.99 Å². The lowest BCUT2D eigenvalue weighted by molar-refractivity contribution is 0.107. The third kappa shape index (κ3) is 8.25. The van der Waals surface area contributed by atoms with Crippen LogP contribution in [0, 0.1) is 5.41 Å². The summed E-state index contributed by atoms with van der Waals surface area (Å²) < 4.78 is 5.61. The first-order valence-corrected chi connectivity index (χ1v) is 10.5. The van der Waals surface area contributed by atoms with Crippen molar-refractivity contribution >= 4 is 29.9 Å².